The summed E-state index contributed by atoms with van der Waals surface area (Å²) in [5, 5.41) is 18.8. The van der Waals surface area contributed by atoms with Crippen LogP contribution in [0.4, 0.5) is 0 Å². The quantitative estimate of drug-likeness (QED) is 0.900. The van der Waals surface area contributed by atoms with Gasteiger partial charge < -0.3 is 14.7 Å². The molecule has 0 aromatic heterocycles. The third kappa shape index (κ3) is 3.10. The van der Waals surface area contributed by atoms with Crippen molar-refractivity contribution in [2.45, 2.75) is 38.8 Å². The number of ether oxygens (including phenoxy) is 1. The summed E-state index contributed by atoms with van der Waals surface area (Å²) >= 11 is 0. The van der Waals surface area contributed by atoms with Gasteiger partial charge in [0.05, 0.1) is 24.1 Å². The smallest absolute Gasteiger partial charge is 0.229 e. The van der Waals surface area contributed by atoms with Crippen LogP contribution in [0.15, 0.2) is 34.3 Å². The Hall–Kier alpha value is -2.39. The highest BCUT2D eigenvalue weighted by atomic mass is 16.5. The van der Waals surface area contributed by atoms with Crippen LogP contribution in [-0.4, -0.2) is 40.7 Å². The molecule has 0 amide bonds. The van der Waals surface area contributed by atoms with Crippen LogP contribution in [0.2, 0.25) is 0 Å². The van der Waals surface area contributed by atoms with Crippen molar-refractivity contribution in [2.24, 2.45) is 9.98 Å². The lowest BCUT2D eigenvalue weighted by Crippen LogP contribution is -2.48. The second kappa shape index (κ2) is 6.16. The van der Waals surface area contributed by atoms with Crippen molar-refractivity contribution in [1.29, 1.82) is 5.26 Å². The van der Waals surface area contributed by atoms with Crippen LogP contribution in [0.5, 0.6) is 0 Å². The molecule has 1 aromatic rings. The molecule has 114 valence electrons. The maximum Gasteiger partial charge on any atom is 0.229 e. The largest absolute Gasteiger partial charge is 0.476 e. The molecule has 2 aliphatic heterocycles. The van der Waals surface area contributed by atoms with Crippen LogP contribution in [0.3, 0.4) is 0 Å². The Kier molecular flexibility index (Phi) is 4.07. The van der Waals surface area contributed by atoms with E-state index in [1.165, 1.54) is 0 Å². The summed E-state index contributed by atoms with van der Waals surface area (Å²) in [5.74, 6) is 1.34. The number of aliphatic hydroxyl groups is 1. The van der Waals surface area contributed by atoms with Gasteiger partial charge in [0.2, 0.25) is 6.35 Å². The van der Waals surface area contributed by atoms with Gasteiger partial charge >= 0.3 is 0 Å². The predicted molar refractivity (Wildman–Crippen MR) is 82.2 cm³/mol. The number of amidine groups is 1. The van der Waals surface area contributed by atoms with Crippen molar-refractivity contribution in [3.8, 4) is 6.07 Å². The lowest BCUT2D eigenvalue weighted by atomic mass is 10.1. The molecule has 0 fully saturated rings. The summed E-state index contributed by atoms with van der Waals surface area (Å²) in [5.41, 5.74) is 1.58. The standard InChI is InChI=1S/C16H18N4O2/c1-11-6-7-20-14(18-11)8-15(19-16(20)21)22-10-13-4-2-12(9-17)3-5-13/h2-5,11,16,21H,6-8,10H2,1H3. The number of nitrogens with zero attached hydrogens (tertiary/aromatic N) is 4. The Morgan fingerprint density at radius 3 is 2.86 bits per heavy atom. The van der Waals surface area contributed by atoms with E-state index < -0.39 is 6.35 Å². The molecule has 0 saturated carbocycles. The molecule has 1 aromatic carbocycles. The second-order valence-corrected chi connectivity index (χ2v) is 5.52. The molecule has 3 rings (SSSR count). The summed E-state index contributed by atoms with van der Waals surface area (Å²) in [7, 11) is 0. The van der Waals surface area contributed by atoms with E-state index in [1.807, 2.05) is 17.0 Å². The van der Waals surface area contributed by atoms with Gasteiger partial charge in [-0.2, -0.15) is 5.26 Å². The third-order valence-corrected chi connectivity index (χ3v) is 3.82. The molecule has 0 aliphatic carbocycles. The zero-order valence-corrected chi connectivity index (χ0v) is 12.4. The molecular weight excluding hydrogens is 280 g/mol. The number of rotatable bonds is 2. The van der Waals surface area contributed by atoms with Crippen molar-refractivity contribution in [2.75, 3.05) is 6.54 Å². The number of hydrogen-bond donors (Lipinski definition) is 1. The summed E-state index contributed by atoms with van der Waals surface area (Å²) in [4.78, 5) is 10.6. The van der Waals surface area contributed by atoms with E-state index in [9.17, 15) is 5.11 Å². The highest BCUT2D eigenvalue weighted by Crippen LogP contribution is 2.20. The third-order valence-electron chi connectivity index (χ3n) is 3.82. The number of hydrogen-bond acceptors (Lipinski definition) is 6. The van der Waals surface area contributed by atoms with Crippen molar-refractivity contribution in [3.05, 3.63) is 35.4 Å². The molecule has 22 heavy (non-hydrogen) atoms. The van der Waals surface area contributed by atoms with E-state index in [2.05, 4.69) is 23.0 Å². The van der Waals surface area contributed by atoms with E-state index in [0.717, 1.165) is 24.4 Å². The van der Waals surface area contributed by atoms with Gasteiger partial charge in [-0.05, 0) is 31.0 Å². The maximum absolute atomic E-state index is 10.1. The van der Waals surface area contributed by atoms with E-state index >= 15 is 0 Å². The Morgan fingerprint density at radius 1 is 1.36 bits per heavy atom. The fourth-order valence-corrected chi connectivity index (χ4v) is 2.55. The van der Waals surface area contributed by atoms with Gasteiger partial charge in [0, 0.05) is 6.54 Å². The number of nitriles is 1. The molecule has 2 heterocycles. The van der Waals surface area contributed by atoms with E-state index in [0.29, 0.717) is 24.5 Å². The average molecular weight is 298 g/mol. The number of benzene rings is 1. The molecule has 1 N–H and O–H groups in total. The molecule has 0 bridgehead atoms. The van der Waals surface area contributed by atoms with Crippen molar-refractivity contribution >= 4 is 11.7 Å². The van der Waals surface area contributed by atoms with Crippen LogP contribution in [0.1, 0.15) is 30.9 Å². The molecule has 0 radical (unpaired) electrons. The van der Waals surface area contributed by atoms with Crippen molar-refractivity contribution < 1.29 is 9.84 Å². The van der Waals surface area contributed by atoms with Crippen LogP contribution < -0.4 is 0 Å². The minimum Gasteiger partial charge on any atom is -0.476 e. The average Bonchev–Trinajstić information content (AvgIpc) is 2.53. The SMILES string of the molecule is CC1CCN2C(=N1)CC(OCc1ccc(C#N)cc1)=NC2O. The number of fused-ring (bicyclic) bond motifs is 1. The monoisotopic (exact) mass is 298 g/mol. The van der Waals surface area contributed by atoms with Gasteiger partial charge in [-0.15, -0.1) is 0 Å². The Labute approximate surface area is 129 Å². The first-order valence-corrected chi connectivity index (χ1v) is 7.35. The molecule has 6 heteroatoms. The Morgan fingerprint density at radius 2 is 2.14 bits per heavy atom. The highest BCUT2D eigenvalue weighted by Gasteiger charge is 2.30. The first-order chi connectivity index (χ1) is 10.7. The lowest BCUT2D eigenvalue weighted by molar-refractivity contribution is 0.0466. The lowest BCUT2D eigenvalue weighted by Gasteiger charge is -2.36. The van der Waals surface area contributed by atoms with Crippen LogP contribution >= 0.6 is 0 Å². The Balaban J connectivity index is 1.65. The molecule has 2 aliphatic rings. The van der Waals surface area contributed by atoms with Crippen molar-refractivity contribution in [3.63, 3.8) is 0 Å². The minimum atomic E-state index is -0.907. The topological polar surface area (TPSA) is 81.2 Å². The van der Waals surface area contributed by atoms with Gasteiger partial charge in [-0.25, -0.2) is 4.99 Å². The van der Waals surface area contributed by atoms with Gasteiger partial charge in [0.25, 0.3) is 0 Å². The van der Waals surface area contributed by atoms with E-state index in [1.54, 1.807) is 12.1 Å². The fourth-order valence-electron chi connectivity index (χ4n) is 2.55. The second-order valence-electron chi connectivity index (χ2n) is 5.52. The van der Waals surface area contributed by atoms with E-state index in [4.69, 9.17) is 10.00 Å². The fraction of sp³-hybridized carbons (Fsp3) is 0.438. The molecule has 0 saturated heterocycles. The van der Waals surface area contributed by atoms with Gasteiger partial charge in [0.15, 0.2) is 5.90 Å². The van der Waals surface area contributed by atoms with Crippen LogP contribution in [-0.2, 0) is 11.3 Å². The van der Waals surface area contributed by atoms with Crippen LogP contribution in [0, 0.1) is 11.3 Å². The molecule has 2 atom stereocenters. The summed E-state index contributed by atoms with van der Waals surface area (Å²) in [6.45, 7) is 3.20. The van der Waals surface area contributed by atoms with E-state index in [-0.39, 0.29) is 6.04 Å². The zero-order valence-electron chi connectivity index (χ0n) is 12.4. The van der Waals surface area contributed by atoms with Crippen LogP contribution in [0.25, 0.3) is 0 Å². The zero-order chi connectivity index (χ0) is 15.5. The number of aliphatic imine (C=N–C) groups is 2. The summed E-state index contributed by atoms with van der Waals surface area (Å²) < 4.78 is 5.70. The normalized spacial score (nSPS) is 24.0. The first-order valence-electron chi connectivity index (χ1n) is 7.35. The predicted octanol–water partition coefficient (Wildman–Crippen LogP) is 1.65. The van der Waals surface area contributed by atoms with Gasteiger partial charge in [0.1, 0.15) is 12.4 Å². The minimum absolute atomic E-state index is 0.274. The van der Waals surface area contributed by atoms with Gasteiger partial charge in [-0.3, -0.25) is 4.99 Å². The first kappa shape index (κ1) is 14.5. The molecular formula is C16H18N4O2. The number of aliphatic hydroxyl groups excluding tert-OH is 1. The van der Waals surface area contributed by atoms with Crippen molar-refractivity contribution in [1.82, 2.24) is 4.90 Å². The Bertz CT molecular complexity index is 645. The summed E-state index contributed by atoms with van der Waals surface area (Å²) in [6, 6.07) is 9.57. The summed E-state index contributed by atoms with van der Waals surface area (Å²) in [6.07, 6.45) is 0.533. The van der Waals surface area contributed by atoms with Gasteiger partial charge in [-0.1, -0.05) is 12.1 Å². The molecule has 6 nitrogen and oxygen atoms in total. The highest BCUT2D eigenvalue weighted by molar-refractivity contribution is 6.01. The molecule has 0 spiro atoms. The maximum atomic E-state index is 10.1. The molecule has 2 unspecified atom stereocenters.